The average Bonchev–Trinajstić information content (AvgIpc) is 3.11. The first kappa shape index (κ1) is 28.8. The highest BCUT2D eigenvalue weighted by Gasteiger charge is 2.25. The number of rotatable bonds is 6. The normalized spacial score (nSPS) is 13.4. The maximum atomic E-state index is 6.58. The lowest BCUT2D eigenvalue weighted by Gasteiger charge is -2.33. The number of anilines is 3. The zero-order chi connectivity index (χ0) is 31.5. The van der Waals surface area contributed by atoms with Crippen LogP contribution in [0.15, 0.2) is 162 Å². The number of hydrogen-bond acceptors (Lipinski definition) is 3. The molecule has 7 rings (SSSR count). The molecule has 0 aliphatic carbocycles. The van der Waals surface area contributed by atoms with E-state index in [1.54, 1.807) is 0 Å². The van der Waals surface area contributed by atoms with Crippen molar-refractivity contribution in [3.63, 3.8) is 0 Å². The van der Waals surface area contributed by atoms with Gasteiger partial charge in [0.25, 0.3) is 0 Å². The molecule has 0 radical (unpaired) electrons. The highest BCUT2D eigenvalue weighted by molar-refractivity contribution is 6.11. The lowest BCUT2D eigenvalue weighted by atomic mass is 10.0. The molecule has 1 aliphatic heterocycles. The molecule has 1 unspecified atom stereocenters. The number of nitrogens with two attached hydrogens (primary N) is 1. The van der Waals surface area contributed by atoms with E-state index >= 15 is 0 Å². The van der Waals surface area contributed by atoms with Gasteiger partial charge in [0.1, 0.15) is 5.84 Å². The Morgan fingerprint density at radius 2 is 1.26 bits per heavy atom. The van der Waals surface area contributed by atoms with Crippen molar-refractivity contribution < 1.29 is 4.74 Å². The summed E-state index contributed by atoms with van der Waals surface area (Å²) in [4.78, 5) is 12.2. The Morgan fingerprint density at radius 3 is 2.00 bits per heavy atom. The number of nitrogens with zero attached hydrogens (tertiary/aromatic N) is 3. The van der Waals surface area contributed by atoms with E-state index in [-0.39, 0.29) is 6.04 Å². The zero-order valence-electron chi connectivity index (χ0n) is 25.8. The molecule has 0 amide bonds. The van der Waals surface area contributed by atoms with Crippen LogP contribution in [0.2, 0.25) is 0 Å². The smallest absolute Gasteiger partial charge is 0.157 e. The minimum absolute atomic E-state index is 0.159. The maximum absolute atomic E-state index is 6.58. The molecule has 5 nitrogen and oxygen atoms in total. The molecule has 2 N–H and O–H groups in total. The summed E-state index contributed by atoms with van der Waals surface area (Å²) < 4.78 is 6.24. The van der Waals surface area contributed by atoms with Gasteiger partial charge in [-0.25, -0.2) is 4.99 Å². The Kier molecular flexibility index (Phi) is 7.88. The number of aryl methyl sites for hydroxylation is 1. The second-order valence-corrected chi connectivity index (χ2v) is 11.4. The predicted octanol–water partition coefficient (Wildman–Crippen LogP) is 10.2. The van der Waals surface area contributed by atoms with E-state index < -0.39 is 0 Å². The molecule has 6 aromatic rings. The fourth-order valence-electron chi connectivity index (χ4n) is 5.70. The second-order valence-electron chi connectivity index (χ2n) is 11.4. The van der Waals surface area contributed by atoms with Crippen molar-refractivity contribution in [2.24, 2.45) is 15.7 Å². The summed E-state index contributed by atoms with van der Waals surface area (Å²) in [5.41, 5.74) is 15.9. The standard InChI is InChI=1S/C41H34N4O/c1-28-17-26-39-37(27-28)45(36-15-9-10-16-38(36)46-39)35-24-22-30(23-25-35)29(2)43-41(34-13-7-4-8-14-34)44-40(42)33-20-18-32(19-21-33)31-11-5-3-6-12-31/h3-27,29H,1-2H3,(H2,42,43,44). The van der Waals surface area contributed by atoms with Crippen molar-refractivity contribution in [2.45, 2.75) is 19.9 Å². The molecule has 1 heterocycles. The highest BCUT2D eigenvalue weighted by atomic mass is 16.5. The highest BCUT2D eigenvalue weighted by Crippen LogP contribution is 2.50. The van der Waals surface area contributed by atoms with Crippen molar-refractivity contribution in [1.29, 1.82) is 0 Å². The molecule has 1 atom stereocenters. The third kappa shape index (κ3) is 5.91. The van der Waals surface area contributed by atoms with Crippen LogP contribution in [0.4, 0.5) is 17.1 Å². The van der Waals surface area contributed by atoms with E-state index in [0.29, 0.717) is 11.7 Å². The van der Waals surface area contributed by atoms with Crippen LogP contribution < -0.4 is 15.4 Å². The van der Waals surface area contributed by atoms with Crippen LogP contribution in [-0.2, 0) is 0 Å². The van der Waals surface area contributed by atoms with Crippen LogP contribution in [0.3, 0.4) is 0 Å². The van der Waals surface area contributed by atoms with E-state index in [4.69, 9.17) is 20.5 Å². The largest absolute Gasteiger partial charge is 0.453 e. The number of aliphatic imine (C=N–C) groups is 2. The second kappa shape index (κ2) is 12.6. The first-order valence-corrected chi connectivity index (χ1v) is 15.4. The molecule has 0 aromatic heterocycles. The van der Waals surface area contributed by atoms with Gasteiger partial charge in [0, 0.05) is 16.8 Å². The van der Waals surface area contributed by atoms with Gasteiger partial charge in [0.15, 0.2) is 17.3 Å². The Labute approximate surface area is 270 Å². The molecule has 0 saturated carbocycles. The van der Waals surface area contributed by atoms with E-state index in [1.807, 2.05) is 84.9 Å². The summed E-state index contributed by atoms with van der Waals surface area (Å²) in [5.74, 6) is 2.68. The minimum atomic E-state index is -0.159. The van der Waals surface area contributed by atoms with Crippen molar-refractivity contribution >= 4 is 28.7 Å². The Bertz CT molecular complexity index is 2030. The first-order chi connectivity index (χ1) is 22.5. The molecule has 0 fully saturated rings. The summed E-state index contributed by atoms with van der Waals surface area (Å²) in [6, 6.07) is 51.3. The number of benzene rings is 6. The van der Waals surface area contributed by atoms with E-state index in [9.17, 15) is 0 Å². The summed E-state index contributed by atoms with van der Waals surface area (Å²) in [6.07, 6.45) is 0. The molecular formula is C41H34N4O. The van der Waals surface area contributed by atoms with Crippen LogP contribution in [0.25, 0.3) is 11.1 Å². The van der Waals surface area contributed by atoms with Gasteiger partial charge in [0.05, 0.1) is 17.4 Å². The van der Waals surface area contributed by atoms with Gasteiger partial charge in [0.2, 0.25) is 0 Å². The summed E-state index contributed by atoms with van der Waals surface area (Å²) in [7, 11) is 0. The van der Waals surface area contributed by atoms with Gasteiger partial charge in [-0.1, -0.05) is 115 Å². The van der Waals surface area contributed by atoms with Gasteiger partial charge in [-0.2, -0.15) is 0 Å². The molecule has 0 bridgehead atoms. The Morgan fingerprint density at radius 1 is 0.630 bits per heavy atom. The molecule has 0 saturated heterocycles. The van der Waals surface area contributed by atoms with Crippen LogP contribution in [-0.4, -0.2) is 11.7 Å². The molecule has 0 spiro atoms. The Balaban J connectivity index is 1.19. The minimum Gasteiger partial charge on any atom is -0.453 e. The van der Waals surface area contributed by atoms with Gasteiger partial charge in [-0.3, -0.25) is 4.99 Å². The number of hydrogen-bond donors (Lipinski definition) is 1. The summed E-state index contributed by atoms with van der Waals surface area (Å²) in [6.45, 7) is 4.18. The van der Waals surface area contributed by atoms with E-state index in [2.05, 4.69) is 85.5 Å². The van der Waals surface area contributed by atoms with Gasteiger partial charge < -0.3 is 15.4 Å². The van der Waals surface area contributed by atoms with Gasteiger partial charge in [-0.05, 0) is 72.5 Å². The van der Waals surface area contributed by atoms with Crippen molar-refractivity contribution in [3.05, 3.63) is 174 Å². The van der Waals surface area contributed by atoms with Crippen LogP contribution in [0.5, 0.6) is 11.5 Å². The van der Waals surface area contributed by atoms with E-state index in [1.165, 1.54) is 5.56 Å². The third-order valence-corrected chi connectivity index (χ3v) is 8.18. The number of amidine groups is 2. The zero-order valence-corrected chi connectivity index (χ0v) is 25.8. The third-order valence-electron chi connectivity index (χ3n) is 8.18. The molecule has 6 aromatic carbocycles. The summed E-state index contributed by atoms with van der Waals surface area (Å²) in [5, 5.41) is 0. The van der Waals surface area contributed by atoms with E-state index in [0.717, 1.165) is 56.4 Å². The summed E-state index contributed by atoms with van der Waals surface area (Å²) >= 11 is 0. The lowest BCUT2D eigenvalue weighted by Crippen LogP contribution is -2.17. The van der Waals surface area contributed by atoms with Crippen LogP contribution >= 0.6 is 0 Å². The molecule has 5 heteroatoms. The predicted molar refractivity (Wildman–Crippen MR) is 190 cm³/mol. The lowest BCUT2D eigenvalue weighted by molar-refractivity contribution is 0.477. The van der Waals surface area contributed by atoms with Crippen molar-refractivity contribution in [2.75, 3.05) is 4.90 Å². The fourth-order valence-corrected chi connectivity index (χ4v) is 5.70. The van der Waals surface area contributed by atoms with Crippen LogP contribution in [0, 0.1) is 6.92 Å². The van der Waals surface area contributed by atoms with Gasteiger partial charge in [-0.15, -0.1) is 0 Å². The molecule has 1 aliphatic rings. The quantitative estimate of drug-likeness (QED) is 0.153. The van der Waals surface area contributed by atoms with Crippen molar-refractivity contribution in [1.82, 2.24) is 0 Å². The maximum Gasteiger partial charge on any atom is 0.157 e. The molecular weight excluding hydrogens is 564 g/mol. The molecule has 46 heavy (non-hydrogen) atoms. The topological polar surface area (TPSA) is 63.2 Å². The fraction of sp³-hybridized carbons (Fsp3) is 0.0732. The van der Waals surface area contributed by atoms with Crippen LogP contribution in [0.1, 0.15) is 35.2 Å². The average molecular weight is 599 g/mol. The number of ether oxygens (including phenoxy) is 1. The number of para-hydroxylation sites is 2. The monoisotopic (exact) mass is 598 g/mol. The molecule has 224 valence electrons. The first-order valence-electron chi connectivity index (χ1n) is 15.4. The Hall–Kier alpha value is -5.94. The van der Waals surface area contributed by atoms with Crippen molar-refractivity contribution in [3.8, 4) is 22.6 Å². The van der Waals surface area contributed by atoms with Gasteiger partial charge >= 0.3 is 0 Å². The number of fused-ring (bicyclic) bond motifs is 2. The SMILES string of the molecule is Cc1ccc2c(c1)N(c1ccc(C(C)N=C(N=C(N)c3ccc(-c4ccccc4)cc3)c3ccccc3)cc1)c1ccccc1O2.